The molecule has 0 radical (unpaired) electrons. The monoisotopic (exact) mass is 279 g/mol. The fourth-order valence-electron chi connectivity index (χ4n) is 2.65. The summed E-state index contributed by atoms with van der Waals surface area (Å²) in [6.07, 6.45) is -1.67. The van der Waals surface area contributed by atoms with Crippen LogP contribution in [0.2, 0.25) is 0 Å². The number of benzene rings is 1. The third-order valence-corrected chi connectivity index (χ3v) is 3.64. The van der Waals surface area contributed by atoms with Gasteiger partial charge in [0.25, 0.3) is 0 Å². The average molecular weight is 279 g/mol. The summed E-state index contributed by atoms with van der Waals surface area (Å²) in [6.45, 7) is 0.572. The molecule has 0 spiro atoms. The van der Waals surface area contributed by atoms with Crippen molar-refractivity contribution in [1.82, 2.24) is 4.90 Å². The number of carbonyl (C=O) groups is 1. The molecule has 0 aromatic heterocycles. The first-order valence-corrected chi connectivity index (χ1v) is 6.54. The van der Waals surface area contributed by atoms with E-state index in [4.69, 9.17) is 14.2 Å². The van der Waals surface area contributed by atoms with Gasteiger partial charge in [0, 0.05) is 7.11 Å². The Morgan fingerprint density at radius 3 is 2.80 bits per heavy atom. The maximum Gasteiger partial charge on any atom is 0.411 e. The molecule has 2 aliphatic heterocycles. The fraction of sp³-hybridized carbons (Fsp3) is 0.500. The normalized spacial score (nSPS) is 31.0. The fourth-order valence-corrected chi connectivity index (χ4v) is 2.65. The van der Waals surface area contributed by atoms with Gasteiger partial charge >= 0.3 is 6.09 Å². The first-order chi connectivity index (χ1) is 9.72. The Balaban J connectivity index is 1.55. The molecule has 6 nitrogen and oxygen atoms in total. The number of morpholine rings is 1. The van der Waals surface area contributed by atoms with Crippen molar-refractivity contribution in [2.24, 2.45) is 0 Å². The van der Waals surface area contributed by atoms with E-state index >= 15 is 0 Å². The van der Waals surface area contributed by atoms with Crippen LogP contribution in [-0.2, 0) is 20.8 Å². The Morgan fingerprint density at radius 2 is 2.10 bits per heavy atom. The van der Waals surface area contributed by atoms with Crippen LogP contribution in [0.5, 0.6) is 0 Å². The third kappa shape index (κ3) is 2.37. The number of aliphatic hydroxyl groups excluding tert-OH is 1. The summed E-state index contributed by atoms with van der Waals surface area (Å²) in [5.41, 5.74) is 0.929. The Kier molecular flexibility index (Phi) is 3.60. The summed E-state index contributed by atoms with van der Waals surface area (Å²) in [6, 6.07) is 9.02. The summed E-state index contributed by atoms with van der Waals surface area (Å²) < 4.78 is 15.5. The van der Waals surface area contributed by atoms with Crippen molar-refractivity contribution in [3.63, 3.8) is 0 Å². The zero-order valence-electron chi connectivity index (χ0n) is 11.1. The van der Waals surface area contributed by atoms with Crippen LogP contribution < -0.4 is 0 Å². The Bertz CT molecular complexity index is 480. The van der Waals surface area contributed by atoms with Gasteiger partial charge in [-0.25, -0.2) is 4.79 Å². The van der Waals surface area contributed by atoms with Gasteiger partial charge in [-0.2, -0.15) is 0 Å². The first-order valence-electron chi connectivity index (χ1n) is 6.54. The summed E-state index contributed by atoms with van der Waals surface area (Å²) in [5.74, 6) is 0. The number of aliphatic hydroxyl groups is 1. The van der Waals surface area contributed by atoms with Gasteiger partial charge in [-0.1, -0.05) is 30.3 Å². The molecule has 4 atom stereocenters. The van der Waals surface area contributed by atoms with Crippen molar-refractivity contribution >= 4 is 6.09 Å². The van der Waals surface area contributed by atoms with Crippen molar-refractivity contribution in [2.45, 2.75) is 31.1 Å². The van der Waals surface area contributed by atoms with Gasteiger partial charge in [-0.15, -0.1) is 0 Å². The highest BCUT2D eigenvalue weighted by Crippen LogP contribution is 2.42. The van der Waals surface area contributed by atoms with Crippen LogP contribution in [0.3, 0.4) is 0 Å². The van der Waals surface area contributed by atoms with E-state index in [0.29, 0.717) is 6.61 Å². The van der Waals surface area contributed by atoms with Crippen molar-refractivity contribution < 1.29 is 24.1 Å². The third-order valence-electron chi connectivity index (χ3n) is 3.64. The molecule has 108 valence electrons. The Morgan fingerprint density at radius 1 is 1.35 bits per heavy atom. The van der Waals surface area contributed by atoms with Gasteiger partial charge in [0.05, 0.1) is 12.6 Å². The van der Waals surface area contributed by atoms with Crippen LogP contribution in [0.15, 0.2) is 30.3 Å². The lowest BCUT2D eigenvalue weighted by Gasteiger charge is -2.18. The second kappa shape index (κ2) is 5.40. The van der Waals surface area contributed by atoms with Crippen molar-refractivity contribution in [1.29, 1.82) is 0 Å². The topological polar surface area (TPSA) is 68.0 Å². The van der Waals surface area contributed by atoms with Crippen molar-refractivity contribution in [2.75, 3.05) is 13.7 Å². The highest BCUT2D eigenvalue weighted by Gasteiger charge is 2.65. The molecule has 2 saturated heterocycles. The smallest absolute Gasteiger partial charge is 0.411 e. The predicted octanol–water partition coefficient (Wildman–Crippen LogP) is 0.740. The molecule has 0 aliphatic carbocycles. The predicted molar refractivity (Wildman–Crippen MR) is 68.8 cm³/mol. The highest BCUT2D eigenvalue weighted by molar-refractivity contribution is 5.72. The lowest BCUT2D eigenvalue weighted by atomic mass is 10.2. The summed E-state index contributed by atoms with van der Waals surface area (Å²) in [4.78, 5) is 13.5. The zero-order valence-corrected chi connectivity index (χ0v) is 11.1. The first kappa shape index (κ1) is 13.4. The van der Waals surface area contributed by atoms with Crippen molar-refractivity contribution in [3.8, 4) is 0 Å². The molecule has 2 heterocycles. The minimum atomic E-state index is -0.954. The largest absolute Gasteiger partial charge is 0.445 e. The molecule has 6 heteroatoms. The minimum Gasteiger partial charge on any atom is -0.445 e. The van der Waals surface area contributed by atoms with Gasteiger partial charge in [0.15, 0.2) is 6.29 Å². The van der Waals surface area contributed by atoms with Gasteiger partial charge in [-0.3, -0.25) is 4.90 Å². The molecule has 1 aromatic carbocycles. The van der Waals surface area contributed by atoms with Gasteiger partial charge in [-0.05, 0) is 5.56 Å². The number of fused-ring (bicyclic) bond motifs is 1. The van der Waals surface area contributed by atoms with Crippen LogP contribution in [0.25, 0.3) is 0 Å². The molecule has 20 heavy (non-hydrogen) atoms. The van der Waals surface area contributed by atoms with Gasteiger partial charge < -0.3 is 19.3 Å². The van der Waals surface area contributed by atoms with E-state index in [1.165, 1.54) is 4.90 Å². The Hall–Kier alpha value is -1.63. The number of rotatable bonds is 4. The highest BCUT2D eigenvalue weighted by atomic mass is 16.6. The molecule has 1 amide bonds. The molecule has 3 rings (SSSR count). The number of hydrogen-bond donors (Lipinski definition) is 1. The van der Waals surface area contributed by atoms with E-state index in [-0.39, 0.29) is 24.8 Å². The van der Waals surface area contributed by atoms with Crippen molar-refractivity contribution in [3.05, 3.63) is 35.9 Å². The average Bonchev–Trinajstić information content (AvgIpc) is 3.13. The van der Waals surface area contributed by atoms with E-state index in [1.807, 2.05) is 30.3 Å². The van der Waals surface area contributed by atoms with Crippen LogP contribution in [0, 0.1) is 0 Å². The maximum atomic E-state index is 12.0. The van der Waals surface area contributed by atoms with Gasteiger partial charge in [0.2, 0.25) is 0 Å². The molecular weight excluding hydrogens is 262 g/mol. The number of nitrogens with zero attached hydrogens (tertiary/aromatic N) is 1. The minimum absolute atomic E-state index is 0.145. The molecule has 1 aromatic rings. The SMILES string of the molecule is COC[C@H]1OC(O)[C@@H]2[C@H]1N2C(=O)OCc1ccccc1. The lowest BCUT2D eigenvalue weighted by molar-refractivity contribution is -0.133. The number of carbonyl (C=O) groups excluding carboxylic acids is 1. The summed E-state index contributed by atoms with van der Waals surface area (Å²) in [7, 11) is 1.56. The Labute approximate surface area is 116 Å². The summed E-state index contributed by atoms with van der Waals surface area (Å²) >= 11 is 0. The lowest BCUT2D eigenvalue weighted by Crippen LogP contribution is -2.33. The van der Waals surface area contributed by atoms with E-state index in [1.54, 1.807) is 7.11 Å². The number of methoxy groups -OCH3 is 1. The van der Waals surface area contributed by atoms with Crippen LogP contribution in [0.4, 0.5) is 4.79 Å². The molecule has 2 fully saturated rings. The van der Waals surface area contributed by atoms with Crippen LogP contribution in [0.1, 0.15) is 5.56 Å². The molecule has 2 aliphatic rings. The molecule has 0 bridgehead atoms. The second-order valence-electron chi connectivity index (χ2n) is 4.95. The van der Waals surface area contributed by atoms with Crippen LogP contribution in [-0.4, -0.2) is 54.3 Å². The molecule has 1 N–H and O–H groups in total. The van der Waals surface area contributed by atoms with E-state index in [9.17, 15) is 9.90 Å². The quantitative estimate of drug-likeness (QED) is 0.823. The molecule has 0 saturated carbocycles. The zero-order chi connectivity index (χ0) is 14.1. The standard InChI is InChI=1S/C14H17NO5/c1-18-8-10-11-12(13(16)20-10)15(11)14(17)19-7-9-5-3-2-4-6-9/h2-6,10-13,16H,7-8H2,1H3/t10-,11+,12+,13?,15?/m1/s1. The number of ether oxygens (including phenoxy) is 3. The molecule has 1 unspecified atom stereocenters. The number of amides is 1. The van der Waals surface area contributed by atoms with Crippen LogP contribution >= 0.6 is 0 Å². The van der Waals surface area contributed by atoms with E-state index < -0.39 is 12.4 Å². The molecular formula is C14H17NO5. The number of hydrogen-bond acceptors (Lipinski definition) is 5. The van der Waals surface area contributed by atoms with E-state index in [0.717, 1.165) is 5.56 Å². The van der Waals surface area contributed by atoms with Gasteiger partial charge in [0.1, 0.15) is 18.8 Å². The second-order valence-corrected chi connectivity index (χ2v) is 4.95. The maximum absolute atomic E-state index is 12.0. The van der Waals surface area contributed by atoms with E-state index in [2.05, 4.69) is 0 Å². The summed E-state index contributed by atoms with van der Waals surface area (Å²) in [5, 5.41) is 9.71.